The van der Waals surface area contributed by atoms with Crippen molar-refractivity contribution in [3.05, 3.63) is 29.3 Å². The quantitative estimate of drug-likeness (QED) is 0.786. The lowest BCUT2D eigenvalue weighted by atomic mass is 9.78. The number of hydrogen-bond acceptors (Lipinski definition) is 2. The summed E-state index contributed by atoms with van der Waals surface area (Å²) >= 11 is 0. The molecule has 0 unspecified atom stereocenters. The number of aromatic nitrogens is 1. The first-order valence-electron chi connectivity index (χ1n) is 4.57. The minimum absolute atomic E-state index is 0.00898. The Morgan fingerprint density at radius 3 is 2.71 bits per heavy atom. The standard InChI is InChI=1S/C10H10FNO2/c11-8-5-12-4-7(10(13)14)9(8)6-2-1-3-6/h4-6H,1-3H2,(H,13,14). The topological polar surface area (TPSA) is 50.2 Å². The highest BCUT2D eigenvalue weighted by atomic mass is 19.1. The van der Waals surface area contributed by atoms with E-state index in [2.05, 4.69) is 4.98 Å². The maximum atomic E-state index is 13.4. The van der Waals surface area contributed by atoms with Crippen LogP contribution in [0.1, 0.15) is 41.1 Å². The van der Waals surface area contributed by atoms with Crippen molar-refractivity contribution in [1.82, 2.24) is 4.98 Å². The van der Waals surface area contributed by atoms with Gasteiger partial charge in [0.05, 0.1) is 11.8 Å². The number of rotatable bonds is 2. The SMILES string of the molecule is O=C(O)c1cncc(F)c1C1CCC1. The molecule has 1 aromatic heterocycles. The zero-order valence-corrected chi connectivity index (χ0v) is 7.53. The molecule has 1 aliphatic rings. The lowest BCUT2D eigenvalue weighted by Gasteiger charge is -2.27. The molecule has 14 heavy (non-hydrogen) atoms. The molecule has 0 bridgehead atoms. The molecule has 3 nitrogen and oxygen atoms in total. The van der Waals surface area contributed by atoms with E-state index >= 15 is 0 Å². The monoisotopic (exact) mass is 195 g/mol. The highest BCUT2D eigenvalue weighted by Gasteiger charge is 2.27. The number of halogens is 1. The minimum atomic E-state index is -1.10. The zero-order chi connectivity index (χ0) is 10.1. The van der Waals surface area contributed by atoms with Crippen molar-refractivity contribution >= 4 is 5.97 Å². The van der Waals surface area contributed by atoms with Crippen molar-refractivity contribution in [1.29, 1.82) is 0 Å². The Morgan fingerprint density at radius 2 is 2.21 bits per heavy atom. The van der Waals surface area contributed by atoms with E-state index in [4.69, 9.17) is 5.11 Å². The fourth-order valence-corrected chi connectivity index (χ4v) is 1.73. The molecule has 2 rings (SSSR count). The summed E-state index contributed by atoms with van der Waals surface area (Å²) < 4.78 is 13.4. The lowest BCUT2D eigenvalue weighted by Crippen LogP contribution is -2.16. The maximum absolute atomic E-state index is 13.4. The summed E-state index contributed by atoms with van der Waals surface area (Å²) in [5, 5.41) is 8.85. The third-order valence-electron chi connectivity index (χ3n) is 2.68. The normalized spacial score (nSPS) is 16.4. The van der Waals surface area contributed by atoms with E-state index in [9.17, 15) is 9.18 Å². The molecule has 0 saturated heterocycles. The van der Waals surface area contributed by atoms with Gasteiger partial charge >= 0.3 is 5.97 Å². The van der Waals surface area contributed by atoms with Crippen molar-refractivity contribution < 1.29 is 14.3 Å². The summed E-state index contributed by atoms with van der Waals surface area (Å²) in [6.45, 7) is 0. The highest BCUT2D eigenvalue weighted by molar-refractivity contribution is 5.89. The average Bonchev–Trinajstić information content (AvgIpc) is 2.04. The number of hydrogen-bond donors (Lipinski definition) is 1. The Morgan fingerprint density at radius 1 is 1.50 bits per heavy atom. The van der Waals surface area contributed by atoms with Crippen LogP contribution in [0.3, 0.4) is 0 Å². The molecule has 1 aliphatic carbocycles. The predicted octanol–water partition coefficient (Wildman–Crippen LogP) is 2.19. The second-order valence-corrected chi connectivity index (χ2v) is 3.52. The van der Waals surface area contributed by atoms with Crippen LogP contribution in [0.5, 0.6) is 0 Å². The number of nitrogens with zero attached hydrogens (tertiary/aromatic N) is 1. The van der Waals surface area contributed by atoms with Crippen LogP contribution in [0.2, 0.25) is 0 Å². The van der Waals surface area contributed by atoms with Crippen LogP contribution in [0.25, 0.3) is 0 Å². The van der Waals surface area contributed by atoms with Crippen molar-refractivity contribution in [2.24, 2.45) is 0 Å². The summed E-state index contributed by atoms with van der Waals surface area (Å²) in [6, 6.07) is 0. The van der Waals surface area contributed by atoms with Gasteiger partial charge in [0.2, 0.25) is 0 Å². The Kier molecular flexibility index (Phi) is 2.19. The molecule has 1 saturated carbocycles. The van der Waals surface area contributed by atoms with E-state index in [1.54, 1.807) is 0 Å². The molecule has 1 fully saturated rings. The van der Waals surface area contributed by atoms with E-state index in [1.807, 2.05) is 0 Å². The summed E-state index contributed by atoms with van der Waals surface area (Å²) in [6.07, 6.45) is 5.10. The Labute approximate surface area is 80.6 Å². The van der Waals surface area contributed by atoms with Crippen molar-refractivity contribution in [2.75, 3.05) is 0 Å². The van der Waals surface area contributed by atoms with Crippen LogP contribution < -0.4 is 0 Å². The van der Waals surface area contributed by atoms with Crippen LogP contribution in [-0.2, 0) is 0 Å². The van der Waals surface area contributed by atoms with Crippen LogP contribution >= 0.6 is 0 Å². The van der Waals surface area contributed by atoms with Gasteiger partial charge in [-0.15, -0.1) is 0 Å². The molecule has 0 aromatic carbocycles. The minimum Gasteiger partial charge on any atom is -0.478 e. The average molecular weight is 195 g/mol. The first-order valence-corrected chi connectivity index (χ1v) is 4.57. The third-order valence-corrected chi connectivity index (χ3v) is 2.68. The molecule has 0 spiro atoms. The smallest absolute Gasteiger partial charge is 0.337 e. The number of aromatic carboxylic acids is 1. The van der Waals surface area contributed by atoms with E-state index in [1.165, 1.54) is 6.20 Å². The fraction of sp³-hybridized carbons (Fsp3) is 0.400. The van der Waals surface area contributed by atoms with Gasteiger partial charge in [0.1, 0.15) is 5.82 Å². The molecule has 0 aliphatic heterocycles. The number of carboxylic acids is 1. The molecule has 74 valence electrons. The number of pyridine rings is 1. The second kappa shape index (κ2) is 3.36. The van der Waals surface area contributed by atoms with Gasteiger partial charge in [-0.3, -0.25) is 4.98 Å². The van der Waals surface area contributed by atoms with Gasteiger partial charge in [-0.2, -0.15) is 0 Å². The van der Waals surface area contributed by atoms with Crippen LogP contribution in [-0.4, -0.2) is 16.1 Å². The van der Waals surface area contributed by atoms with Gasteiger partial charge in [0, 0.05) is 11.8 Å². The first kappa shape index (κ1) is 9.12. The van der Waals surface area contributed by atoms with Gasteiger partial charge in [-0.05, 0) is 18.8 Å². The van der Waals surface area contributed by atoms with E-state index in [0.29, 0.717) is 5.56 Å². The molecular formula is C10H10FNO2. The summed E-state index contributed by atoms with van der Waals surface area (Å²) in [7, 11) is 0. The van der Waals surface area contributed by atoms with Crippen molar-refractivity contribution in [3.63, 3.8) is 0 Å². The van der Waals surface area contributed by atoms with E-state index in [-0.39, 0.29) is 11.5 Å². The third kappa shape index (κ3) is 1.36. The molecule has 1 heterocycles. The van der Waals surface area contributed by atoms with Crippen molar-refractivity contribution in [3.8, 4) is 0 Å². The molecule has 1 aromatic rings. The molecule has 0 atom stereocenters. The highest BCUT2D eigenvalue weighted by Crippen LogP contribution is 2.38. The van der Waals surface area contributed by atoms with E-state index < -0.39 is 11.8 Å². The maximum Gasteiger partial charge on any atom is 0.337 e. The number of carbonyl (C=O) groups is 1. The Bertz CT molecular complexity index is 374. The summed E-state index contributed by atoms with van der Waals surface area (Å²) in [4.78, 5) is 14.4. The fourth-order valence-electron chi connectivity index (χ4n) is 1.73. The second-order valence-electron chi connectivity index (χ2n) is 3.52. The largest absolute Gasteiger partial charge is 0.478 e. The van der Waals surface area contributed by atoms with Gasteiger partial charge in [-0.1, -0.05) is 6.42 Å². The lowest BCUT2D eigenvalue weighted by molar-refractivity contribution is 0.0693. The number of carboxylic acid groups (broad SMARTS) is 1. The summed E-state index contributed by atoms with van der Waals surface area (Å²) in [5.74, 6) is -1.52. The Balaban J connectivity index is 2.47. The first-order chi connectivity index (χ1) is 6.70. The van der Waals surface area contributed by atoms with Crippen LogP contribution in [0.15, 0.2) is 12.4 Å². The van der Waals surface area contributed by atoms with Gasteiger partial charge in [0.25, 0.3) is 0 Å². The molecule has 0 amide bonds. The van der Waals surface area contributed by atoms with Crippen LogP contribution in [0.4, 0.5) is 4.39 Å². The van der Waals surface area contributed by atoms with Crippen molar-refractivity contribution in [2.45, 2.75) is 25.2 Å². The Hall–Kier alpha value is -1.45. The molecular weight excluding hydrogens is 185 g/mol. The molecule has 4 heteroatoms. The van der Waals surface area contributed by atoms with Crippen LogP contribution in [0, 0.1) is 5.82 Å². The van der Waals surface area contributed by atoms with Gasteiger partial charge in [0.15, 0.2) is 0 Å². The predicted molar refractivity (Wildman–Crippen MR) is 47.7 cm³/mol. The summed E-state index contributed by atoms with van der Waals surface area (Å²) in [5.41, 5.74) is 0.341. The molecule has 0 radical (unpaired) electrons. The van der Waals surface area contributed by atoms with E-state index in [0.717, 1.165) is 25.5 Å². The van der Waals surface area contributed by atoms with Gasteiger partial charge in [-0.25, -0.2) is 9.18 Å². The van der Waals surface area contributed by atoms with Gasteiger partial charge < -0.3 is 5.11 Å². The molecule has 1 N–H and O–H groups in total. The zero-order valence-electron chi connectivity index (χ0n) is 7.53.